The SMILES string of the molecule is Nc1ccccc1COc1ccc(CNC(=O)c2cccnc2N)cc1. The third-order valence-corrected chi connectivity index (χ3v) is 3.91. The Morgan fingerprint density at radius 1 is 1.00 bits per heavy atom. The van der Waals surface area contributed by atoms with Gasteiger partial charge in [-0.2, -0.15) is 0 Å². The number of ether oxygens (including phenoxy) is 1. The van der Waals surface area contributed by atoms with Crippen LogP contribution in [0.15, 0.2) is 66.9 Å². The lowest BCUT2D eigenvalue weighted by Crippen LogP contribution is -2.24. The summed E-state index contributed by atoms with van der Waals surface area (Å²) in [4.78, 5) is 16.0. The van der Waals surface area contributed by atoms with Crippen molar-refractivity contribution < 1.29 is 9.53 Å². The Balaban J connectivity index is 1.54. The zero-order valence-electron chi connectivity index (χ0n) is 14.2. The summed E-state index contributed by atoms with van der Waals surface area (Å²) >= 11 is 0. The van der Waals surface area contributed by atoms with E-state index in [1.165, 1.54) is 0 Å². The maximum atomic E-state index is 12.1. The molecule has 6 nitrogen and oxygen atoms in total. The molecule has 3 rings (SSSR count). The van der Waals surface area contributed by atoms with E-state index in [-0.39, 0.29) is 11.7 Å². The molecule has 1 amide bonds. The van der Waals surface area contributed by atoms with Gasteiger partial charge in [0, 0.05) is 24.0 Å². The molecule has 0 spiro atoms. The number of hydrogen-bond donors (Lipinski definition) is 3. The van der Waals surface area contributed by atoms with Crippen molar-refractivity contribution in [3.05, 3.63) is 83.6 Å². The summed E-state index contributed by atoms with van der Waals surface area (Å²) in [6.07, 6.45) is 1.55. The molecule has 0 unspecified atom stereocenters. The van der Waals surface area contributed by atoms with E-state index in [1.54, 1.807) is 18.3 Å². The highest BCUT2D eigenvalue weighted by molar-refractivity contribution is 5.98. The largest absolute Gasteiger partial charge is 0.489 e. The Kier molecular flexibility index (Phi) is 5.34. The minimum Gasteiger partial charge on any atom is -0.489 e. The third kappa shape index (κ3) is 4.30. The van der Waals surface area contributed by atoms with Crippen LogP contribution >= 0.6 is 0 Å². The van der Waals surface area contributed by atoms with E-state index in [4.69, 9.17) is 16.2 Å². The number of para-hydroxylation sites is 1. The van der Waals surface area contributed by atoms with Crippen molar-refractivity contribution in [2.24, 2.45) is 0 Å². The van der Waals surface area contributed by atoms with Gasteiger partial charge >= 0.3 is 0 Å². The molecule has 2 aromatic carbocycles. The van der Waals surface area contributed by atoms with E-state index in [2.05, 4.69) is 10.3 Å². The van der Waals surface area contributed by atoms with Crippen molar-refractivity contribution in [3.63, 3.8) is 0 Å². The van der Waals surface area contributed by atoms with E-state index in [1.807, 2.05) is 48.5 Å². The Morgan fingerprint density at radius 2 is 1.77 bits per heavy atom. The van der Waals surface area contributed by atoms with Crippen LogP contribution in [0.1, 0.15) is 21.5 Å². The summed E-state index contributed by atoms with van der Waals surface area (Å²) in [5, 5.41) is 2.82. The molecule has 132 valence electrons. The average Bonchev–Trinajstić information content (AvgIpc) is 2.67. The quantitative estimate of drug-likeness (QED) is 0.594. The molecule has 0 aliphatic heterocycles. The zero-order valence-corrected chi connectivity index (χ0v) is 14.2. The van der Waals surface area contributed by atoms with E-state index in [0.717, 1.165) is 16.9 Å². The van der Waals surface area contributed by atoms with Gasteiger partial charge in [-0.1, -0.05) is 30.3 Å². The van der Waals surface area contributed by atoms with Crippen molar-refractivity contribution in [1.82, 2.24) is 10.3 Å². The van der Waals surface area contributed by atoms with Crippen molar-refractivity contribution in [2.45, 2.75) is 13.2 Å². The van der Waals surface area contributed by atoms with Crippen LogP contribution in [-0.2, 0) is 13.2 Å². The van der Waals surface area contributed by atoms with Gasteiger partial charge in [-0.25, -0.2) is 4.98 Å². The molecule has 0 aliphatic rings. The Bertz CT molecular complexity index is 894. The molecule has 1 aromatic heterocycles. The summed E-state index contributed by atoms with van der Waals surface area (Å²) in [5.41, 5.74) is 14.6. The number of hydrogen-bond acceptors (Lipinski definition) is 5. The van der Waals surface area contributed by atoms with Crippen LogP contribution < -0.4 is 21.5 Å². The van der Waals surface area contributed by atoms with Gasteiger partial charge in [0.2, 0.25) is 0 Å². The summed E-state index contributed by atoms with van der Waals surface area (Å²) < 4.78 is 5.75. The molecule has 3 aromatic rings. The monoisotopic (exact) mass is 348 g/mol. The van der Waals surface area contributed by atoms with Gasteiger partial charge in [-0.15, -0.1) is 0 Å². The van der Waals surface area contributed by atoms with Gasteiger partial charge in [0.05, 0.1) is 5.56 Å². The van der Waals surface area contributed by atoms with Gasteiger partial charge in [-0.3, -0.25) is 4.79 Å². The molecule has 0 saturated carbocycles. The lowest BCUT2D eigenvalue weighted by atomic mass is 10.2. The molecule has 6 heteroatoms. The first-order chi connectivity index (χ1) is 12.6. The van der Waals surface area contributed by atoms with Crippen molar-refractivity contribution in [2.75, 3.05) is 11.5 Å². The number of nitrogens with one attached hydrogen (secondary N) is 1. The van der Waals surface area contributed by atoms with Gasteiger partial charge in [-0.05, 0) is 35.9 Å². The van der Waals surface area contributed by atoms with Crippen LogP contribution in [0.25, 0.3) is 0 Å². The van der Waals surface area contributed by atoms with Crippen LogP contribution in [0.4, 0.5) is 11.5 Å². The lowest BCUT2D eigenvalue weighted by molar-refractivity contribution is 0.0951. The standard InChI is InChI=1S/C20H20N4O2/c21-18-6-2-1-4-15(18)13-26-16-9-7-14(8-10-16)12-24-20(25)17-5-3-11-23-19(17)22/h1-11H,12-13,21H2,(H2,22,23)(H,24,25). The number of anilines is 2. The highest BCUT2D eigenvalue weighted by Crippen LogP contribution is 2.17. The molecular weight excluding hydrogens is 328 g/mol. The lowest BCUT2D eigenvalue weighted by Gasteiger charge is -2.10. The molecule has 0 atom stereocenters. The molecule has 5 N–H and O–H groups in total. The number of nitrogens with two attached hydrogens (primary N) is 2. The van der Waals surface area contributed by atoms with E-state index in [9.17, 15) is 4.79 Å². The Labute approximate surface area is 151 Å². The smallest absolute Gasteiger partial charge is 0.255 e. The third-order valence-electron chi connectivity index (χ3n) is 3.91. The van der Waals surface area contributed by atoms with Crippen molar-refractivity contribution >= 4 is 17.4 Å². The molecule has 0 aliphatic carbocycles. The number of amides is 1. The van der Waals surface area contributed by atoms with Crippen molar-refractivity contribution in [3.8, 4) is 5.75 Å². The predicted molar refractivity (Wildman–Crippen MR) is 101 cm³/mol. The summed E-state index contributed by atoms with van der Waals surface area (Å²) in [6, 6.07) is 18.4. The van der Waals surface area contributed by atoms with Crippen LogP contribution in [0.5, 0.6) is 5.75 Å². The minimum absolute atomic E-state index is 0.217. The van der Waals surface area contributed by atoms with Gasteiger partial charge in [0.15, 0.2) is 0 Å². The first-order valence-corrected chi connectivity index (χ1v) is 8.17. The summed E-state index contributed by atoms with van der Waals surface area (Å²) in [5.74, 6) is 0.698. The number of pyridine rings is 1. The molecule has 0 saturated heterocycles. The van der Waals surface area contributed by atoms with Crippen LogP contribution in [0.2, 0.25) is 0 Å². The molecule has 26 heavy (non-hydrogen) atoms. The second kappa shape index (κ2) is 8.02. The molecule has 0 bridgehead atoms. The first-order valence-electron chi connectivity index (χ1n) is 8.17. The van der Waals surface area contributed by atoms with Gasteiger partial charge in [0.1, 0.15) is 18.2 Å². The van der Waals surface area contributed by atoms with Gasteiger partial charge in [0.25, 0.3) is 5.91 Å². The fraction of sp³-hybridized carbons (Fsp3) is 0.100. The van der Waals surface area contributed by atoms with Crippen LogP contribution in [0, 0.1) is 0 Å². The predicted octanol–water partition coefficient (Wildman–Crippen LogP) is 2.76. The minimum atomic E-state index is -0.254. The molecule has 0 fully saturated rings. The Morgan fingerprint density at radius 3 is 2.50 bits per heavy atom. The highest BCUT2D eigenvalue weighted by atomic mass is 16.5. The molecule has 1 heterocycles. The van der Waals surface area contributed by atoms with Crippen molar-refractivity contribution in [1.29, 1.82) is 0 Å². The van der Waals surface area contributed by atoms with E-state index >= 15 is 0 Å². The second-order valence-corrected chi connectivity index (χ2v) is 5.75. The second-order valence-electron chi connectivity index (χ2n) is 5.75. The summed E-state index contributed by atoms with van der Waals surface area (Å²) in [6.45, 7) is 0.794. The number of nitrogen functional groups attached to an aromatic ring is 2. The number of carbonyl (C=O) groups excluding carboxylic acids is 1. The van der Waals surface area contributed by atoms with Crippen LogP contribution in [-0.4, -0.2) is 10.9 Å². The highest BCUT2D eigenvalue weighted by Gasteiger charge is 2.09. The summed E-state index contributed by atoms with van der Waals surface area (Å²) in [7, 11) is 0. The Hall–Kier alpha value is -3.54. The number of nitrogens with zero attached hydrogens (tertiary/aromatic N) is 1. The maximum Gasteiger partial charge on any atom is 0.255 e. The number of rotatable bonds is 6. The fourth-order valence-corrected chi connectivity index (χ4v) is 2.42. The molecule has 0 radical (unpaired) electrons. The number of aromatic nitrogens is 1. The first kappa shape index (κ1) is 17.3. The maximum absolute atomic E-state index is 12.1. The van der Waals surface area contributed by atoms with E-state index < -0.39 is 0 Å². The average molecular weight is 348 g/mol. The van der Waals surface area contributed by atoms with Gasteiger partial charge < -0.3 is 21.5 Å². The number of carbonyl (C=O) groups is 1. The topological polar surface area (TPSA) is 103 Å². The van der Waals surface area contributed by atoms with Crippen LogP contribution in [0.3, 0.4) is 0 Å². The number of benzene rings is 2. The zero-order chi connectivity index (χ0) is 18.4. The molecular formula is C20H20N4O2. The normalized spacial score (nSPS) is 10.3. The van der Waals surface area contributed by atoms with E-state index in [0.29, 0.717) is 24.4 Å². The fourth-order valence-electron chi connectivity index (χ4n) is 2.42.